The lowest BCUT2D eigenvalue weighted by molar-refractivity contribution is 0.0521. The first kappa shape index (κ1) is 12.5. The zero-order valence-corrected chi connectivity index (χ0v) is 11.2. The third-order valence-electron chi connectivity index (χ3n) is 3.29. The molecule has 0 aliphatic carbocycles. The van der Waals surface area contributed by atoms with E-state index in [2.05, 4.69) is 29.2 Å². The smallest absolute Gasteiger partial charge is 0.355 e. The molecule has 0 amide bonds. The zero-order chi connectivity index (χ0) is 13.9. The van der Waals surface area contributed by atoms with E-state index in [9.17, 15) is 4.79 Å². The number of carbonyl (C=O) groups excluding carboxylic acids is 1. The van der Waals surface area contributed by atoms with Crippen LogP contribution in [0, 0.1) is 0 Å². The molecule has 3 aromatic rings. The lowest BCUT2D eigenvalue weighted by atomic mass is 10.0. The molecule has 0 fully saturated rings. The number of hydrogen-bond donors (Lipinski definition) is 1. The highest BCUT2D eigenvalue weighted by Crippen LogP contribution is 2.27. The number of carbonyl (C=O) groups is 1. The number of esters is 1. The highest BCUT2D eigenvalue weighted by molar-refractivity contribution is 5.97. The molecule has 1 N–H and O–H groups in total. The summed E-state index contributed by atoms with van der Waals surface area (Å²) in [7, 11) is 0. The predicted octanol–water partition coefficient (Wildman–Crippen LogP) is 4.01. The van der Waals surface area contributed by atoms with E-state index in [4.69, 9.17) is 4.74 Å². The van der Waals surface area contributed by atoms with Gasteiger partial charge in [-0.2, -0.15) is 0 Å². The first-order valence-electron chi connectivity index (χ1n) is 6.63. The highest BCUT2D eigenvalue weighted by Gasteiger charge is 2.15. The van der Waals surface area contributed by atoms with E-state index < -0.39 is 0 Å². The molecular weight excluding hydrogens is 250 g/mol. The van der Waals surface area contributed by atoms with E-state index in [1.54, 1.807) is 13.1 Å². The Kier molecular flexibility index (Phi) is 3.25. The number of ether oxygens (including phenoxy) is 1. The second kappa shape index (κ2) is 5.21. The maximum Gasteiger partial charge on any atom is 0.355 e. The Hall–Kier alpha value is -2.55. The van der Waals surface area contributed by atoms with E-state index in [-0.39, 0.29) is 5.97 Å². The van der Waals surface area contributed by atoms with Crippen molar-refractivity contribution in [2.75, 3.05) is 6.61 Å². The lowest BCUT2D eigenvalue weighted by Gasteiger charge is -2.06. The number of H-pyrrole nitrogens is 1. The van der Waals surface area contributed by atoms with Gasteiger partial charge in [0.1, 0.15) is 5.69 Å². The van der Waals surface area contributed by atoms with Gasteiger partial charge in [-0.1, -0.05) is 36.4 Å². The van der Waals surface area contributed by atoms with Gasteiger partial charge in [-0.3, -0.25) is 0 Å². The van der Waals surface area contributed by atoms with Gasteiger partial charge in [0.25, 0.3) is 0 Å². The summed E-state index contributed by atoms with van der Waals surface area (Å²) in [5, 5.41) is 2.34. The minimum absolute atomic E-state index is 0.319. The minimum Gasteiger partial charge on any atom is -0.461 e. The number of benzene rings is 2. The maximum absolute atomic E-state index is 11.9. The van der Waals surface area contributed by atoms with E-state index in [0.717, 1.165) is 16.5 Å². The largest absolute Gasteiger partial charge is 0.461 e. The van der Waals surface area contributed by atoms with Gasteiger partial charge in [0, 0.05) is 11.8 Å². The molecule has 0 saturated heterocycles. The van der Waals surface area contributed by atoms with Gasteiger partial charge < -0.3 is 9.72 Å². The molecule has 0 unspecified atom stereocenters. The van der Waals surface area contributed by atoms with Crippen LogP contribution in [0.5, 0.6) is 0 Å². The molecule has 1 aromatic heterocycles. The van der Waals surface area contributed by atoms with Crippen LogP contribution in [0.15, 0.2) is 54.7 Å². The number of rotatable bonds is 3. The van der Waals surface area contributed by atoms with Crippen molar-refractivity contribution >= 4 is 16.7 Å². The Labute approximate surface area is 117 Å². The van der Waals surface area contributed by atoms with Crippen LogP contribution >= 0.6 is 0 Å². The van der Waals surface area contributed by atoms with Gasteiger partial charge in [-0.05, 0) is 35.4 Å². The average Bonchev–Trinajstić information content (AvgIpc) is 2.96. The molecule has 0 radical (unpaired) electrons. The van der Waals surface area contributed by atoms with Gasteiger partial charge in [0.05, 0.1) is 6.61 Å². The standard InChI is InChI=1S/C17H15NO2/c1-2-20-17(19)16-15(9-10-18-16)14-8-7-12-5-3-4-6-13(12)11-14/h3-11,18H,2H2,1H3. The van der Waals surface area contributed by atoms with Crippen molar-refractivity contribution in [3.63, 3.8) is 0 Å². The predicted molar refractivity (Wildman–Crippen MR) is 79.7 cm³/mol. The summed E-state index contributed by atoms with van der Waals surface area (Å²) < 4.78 is 5.07. The van der Waals surface area contributed by atoms with E-state index >= 15 is 0 Å². The summed E-state index contributed by atoms with van der Waals surface area (Å²) in [6, 6.07) is 16.2. The van der Waals surface area contributed by atoms with Crippen molar-refractivity contribution in [1.29, 1.82) is 0 Å². The van der Waals surface area contributed by atoms with Crippen LogP contribution < -0.4 is 0 Å². The van der Waals surface area contributed by atoms with Crippen molar-refractivity contribution in [3.05, 3.63) is 60.4 Å². The molecule has 20 heavy (non-hydrogen) atoms. The summed E-state index contributed by atoms with van der Waals surface area (Å²) in [5.74, 6) is -0.319. The molecule has 0 aliphatic rings. The van der Waals surface area contributed by atoms with Crippen molar-refractivity contribution in [1.82, 2.24) is 4.98 Å². The fraction of sp³-hybridized carbons (Fsp3) is 0.118. The Morgan fingerprint density at radius 2 is 1.90 bits per heavy atom. The van der Waals surface area contributed by atoms with Gasteiger partial charge >= 0.3 is 5.97 Å². The Morgan fingerprint density at radius 3 is 2.70 bits per heavy atom. The quantitative estimate of drug-likeness (QED) is 0.727. The van der Waals surface area contributed by atoms with Crippen LogP contribution in [0.2, 0.25) is 0 Å². The molecule has 100 valence electrons. The Balaban J connectivity index is 2.07. The number of aromatic amines is 1. The normalized spacial score (nSPS) is 10.7. The molecule has 0 spiro atoms. The van der Waals surface area contributed by atoms with Crippen molar-refractivity contribution in [2.24, 2.45) is 0 Å². The third-order valence-corrected chi connectivity index (χ3v) is 3.29. The summed E-state index contributed by atoms with van der Waals surface area (Å²) in [6.07, 6.45) is 1.76. The first-order chi connectivity index (χ1) is 9.79. The molecule has 1 heterocycles. The topological polar surface area (TPSA) is 42.1 Å². The second-order valence-corrected chi connectivity index (χ2v) is 4.55. The van der Waals surface area contributed by atoms with Gasteiger partial charge in [-0.15, -0.1) is 0 Å². The molecular formula is C17H15NO2. The molecule has 3 nitrogen and oxygen atoms in total. The van der Waals surface area contributed by atoms with Crippen LogP contribution in [0.1, 0.15) is 17.4 Å². The van der Waals surface area contributed by atoms with Crippen LogP contribution in [0.25, 0.3) is 21.9 Å². The van der Waals surface area contributed by atoms with E-state index in [0.29, 0.717) is 12.3 Å². The summed E-state index contributed by atoms with van der Waals surface area (Å²) >= 11 is 0. The second-order valence-electron chi connectivity index (χ2n) is 4.55. The van der Waals surface area contributed by atoms with Crippen molar-refractivity contribution in [2.45, 2.75) is 6.92 Å². The van der Waals surface area contributed by atoms with Crippen LogP contribution in [-0.4, -0.2) is 17.6 Å². The summed E-state index contributed by atoms with van der Waals surface area (Å²) in [4.78, 5) is 14.9. The first-order valence-corrected chi connectivity index (χ1v) is 6.63. The lowest BCUT2D eigenvalue weighted by Crippen LogP contribution is -2.06. The fourth-order valence-corrected chi connectivity index (χ4v) is 2.34. The Morgan fingerprint density at radius 1 is 1.10 bits per heavy atom. The number of aromatic nitrogens is 1. The molecule has 3 heteroatoms. The monoisotopic (exact) mass is 265 g/mol. The number of hydrogen-bond acceptors (Lipinski definition) is 2. The zero-order valence-electron chi connectivity index (χ0n) is 11.2. The van der Waals surface area contributed by atoms with Crippen LogP contribution in [0.3, 0.4) is 0 Å². The van der Waals surface area contributed by atoms with Gasteiger partial charge in [0.15, 0.2) is 0 Å². The van der Waals surface area contributed by atoms with Gasteiger partial charge in [0.2, 0.25) is 0 Å². The number of nitrogens with one attached hydrogen (secondary N) is 1. The highest BCUT2D eigenvalue weighted by atomic mass is 16.5. The third kappa shape index (κ3) is 2.18. The molecule has 0 saturated carbocycles. The maximum atomic E-state index is 11.9. The molecule has 0 bridgehead atoms. The van der Waals surface area contributed by atoms with Crippen molar-refractivity contribution in [3.8, 4) is 11.1 Å². The fourth-order valence-electron chi connectivity index (χ4n) is 2.34. The van der Waals surface area contributed by atoms with Crippen LogP contribution in [-0.2, 0) is 4.74 Å². The van der Waals surface area contributed by atoms with Crippen LogP contribution in [0.4, 0.5) is 0 Å². The average molecular weight is 265 g/mol. The molecule has 2 aromatic carbocycles. The summed E-state index contributed by atoms with van der Waals surface area (Å²) in [5.41, 5.74) is 2.38. The SMILES string of the molecule is CCOC(=O)c1[nH]ccc1-c1ccc2ccccc2c1. The Bertz CT molecular complexity index is 758. The minimum atomic E-state index is -0.319. The molecule has 0 aliphatic heterocycles. The summed E-state index contributed by atoms with van der Waals surface area (Å²) in [6.45, 7) is 2.17. The molecule has 3 rings (SSSR count). The number of fused-ring (bicyclic) bond motifs is 1. The van der Waals surface area contributed by atoms with Gasteiger partial charge in [-0.25, -0.2) is 4.79 Å². The van der Waals surface area contributed by atoms with E-state index in [1.165, 1.54) is 5.39 Å². The van der Waals surface area contributed by atoms with E-state index in [1.807, 2.05) is 24.3 Å². The molecule has 0 atom stereocenters. The van der Waals surface area contributed by atoms with Crippen molar-refractivity contribution < 1.29 is 9.53 Å².